The number of halogens is 1. The molecule has 1 amide bonds. The van der Waals surface area contributed by atoms with E-state index in [2.05, 4.69) is 26.5 Å². The van der Waals surface area contributed by atoms with E-state index in [1.165, 1.54) is 36.7 Å². The Morgan fingerprint density at radius 2 is 1.97 bits per heavy atom. The Balaban J connectivity index is 1.46. The predicted octanol–water partition coefficient (Wildman–Crippen LogP) is 3.70. The molecule has 0 atom stereocenters. The lowest BCUT2D eigenvalue weighted by atomic mass is 10.2. The molecule has 1 N–H and O–H groups in total. The summed E-state index contributed by atoms with van der Waals surface area (Å²) in [6.07, 6.45) is 2.78. The summed E-state index contributed by atoms with van der Waals surface area (Å²) in [7, 11) is 0. The number of amides is 1. The summed E-state index contributed by atoms with van der Waals surface area (Å²) >= 11 is 3.15. The van der Waals surface area contributed by atoms with Crippen molar-refractivity contribution in [2.75, 3.05) is 6.61 Å². The van der Waals surface area contributed by atoms with Crippen LogP contribution in [-0.4, -0.2) is 29.6 Å². The second-order valence-electron chi connectivity index (χ2n) is 5.89. The molecule has 0 saturated carbocycles. The van der Waals surface area contributed by atoms with Crippen LogP contribution in [-0.2, 0) is 4.79 Å². The zero-order valence-corrected chi connectivity index (χ0v) is 17.3. The SMILES string of the molecule is O=C(COc1ccc([N+](=O)[O-])cc1Br)NN=Cc1ccc(OC(=O)c2ccco2)cc1. The van der Waals surface area contributed by atoms with Gasteiger partial charge in [0.2, 0.25) is 5.76 Å². The Morgan fingerprint density at radius 1 is 1.19 bits per heavy atom. The minimum absolute atomic E-state index is 0.0938. The van der Waals surface area contributed by atoms with E-state index in [1.807, 2.05) is 0 Å². The number of rotatable bonds is 8. The molecular formula is C20H14BrN3O7. The Morgan fingerprint density at radius 3 is 2.61 bits per heavy atom. The average molecular weight is 488 g/mol. The van der Waals surface area contributed by atoms with Crippen molar-refractivity contribution in [3.8, 4) is 11.5 Å². The smallest absolute Gasteiger partial charge is 0.379 e. The van der Waals surface area contributed by atoms with E-state index < -0.39 is 16.8 Å². The van der Waals surface area contributed by atoms with Gasteiger partial charge in [0.1, 0.15) is 11.5 Å². The van der Waals surface area contributed by atoms with Gasteiger partial charge in [-0.1, -0.05) is 0 Å². The third-order valence-corrected chi connectivity index (χ3v) is 4.32. The first-order chi connectivity index (χ1) is 14.9. The number of carbonyl (C=O) groups is 2. The van der Waals surface area contributed by atoms with Crippen molar-refractivity contribution in [2.45, 2.75) is 0 Å². The lowest BCUT2D eigenvalue weighted by Gasteiger charge is -2.06. The number of carbonyl (C=O) groups excluding carboxylic acids is 2. The first-order valence-electron chi connectivity index (χ1n) is 8.67. The van der Waals surface area contributed by atoms with E-state index in [0.29, 0.717) is 15.8 Å². The van der Waals surface area contributed by atoms with Gasteiger partial charge in [-0.15, -0.1) is 0 Å². The maximum Gasteiger partial charge on any atom is 0.379 e. The van der Waals surface area contributed by atoms with Crippen molar-refractivity contribution in [2.24, 2.45) is 5.10 Å². The highest BCUT2D eigenvalue weighted by Gasteiger charge is 2.12. The summed E-state index contributed by atoms with van der Waals surface area (Å²) in [5.41, 5.74) is 2.85. The van der Waals surface area contributed by atoms with Crippen molar-refractivity contribution in [1.29, 1.82) is 0 Å². The fourth-order valence-electron chi connectivity index (χ4n) is 2.25. The number of esters is 1. The summed E-state index contributed by atoms with van der Waals surface area (Å²) in [5, 5.41) is 14.5. The van der Waals surface area contributed by atoms with Crippen LogP contribution in [0, 0.1) is 10.1 Å². The zero-order chi connectivity index (χ0) is 22.2. The molecule has 0 aliphatic rings. The average Bonchev–Trinajstić information content (AvgIpc) is 3.29. The Labute approximate surface area is 183 Å². The molecule has 10 nitrogen and oxygen atoms in total. The Bertz CT molecular complexity index is 1110. The van der Waals surface area contributed by atoms with Gasteiger partial charge in [-0.2, -0.15) is 5.10 Å². The number of furan rings is 1. The normalized spacial score (nSPS) is 10.6. The fourth-order valence-corrected chi connectivity index (χ4v) is 2.73. The number of nitrogens with zero attached hydrogens (tertiary/aromatic N) is 2. The molecule has 3 rings (SSSR count). The number of hydrazone groups is 1. The van der Waals surface area contributed by atoms with Gasteiger partial charge < -0.3 is 13.9 Å². The molecule has 0 saturated heterocycles. The van der Waals surface area contributed by atoms with E-state index in [1.54, 1.807) is 30.3 Å². The highest BCUT2D eigenvalue weighted by atomic mass is 79.9. The van der Waals surface area contributed by atoms with Crippen molar-refractivity contribution in [3.05, 3.63) is 86.8 Å². The number of nitro groups is 1. The molecule has 11 heteroatoms. The molecule has 1 aromatic heterocycles. The zero-order valence-electron chi connectivity index (χ0n) is 15.7. The highest BCUT2D eigenvalue weighted by Crippen LogP contribution is 2.28. The third kappa shape index (κ3) is 6.24. The third-order valence-electron chi connectivity index (χ3n) is 3.70. The molecule has 1 heterocycles. The number of hydrogen-bond acceptors (Lipinski definition) is 8. The molecule has 158 valence electrons. The van der Waals surface area contributed by atoms with Crippen LogP contribution in [0.25, 0.3) is 0 Å². The van der Waals surface area contributed by atoms with E-state index in [-0.39, 0.29) is 23.8 Å². The number of non-ortho nitro benzene ring substituents is 1. The maximum absolute atomic E-state index is 11.8. The van der Waals surface area contributed by atoms with Crippen LogP contribution >= 0.6 is 15.9 Å². The molecule has 0 unspecified atom stereocenters. The fraction of sp³-hybridized carbons (Fsp3) is 0.0500. The molecule has 0 radical (unpaired) electrons. The first-order valence-corrected chi connectivity index (χ1v) is 9.46. The lowest BCUT2D eigenvalue weighted by molar-refractivity contribution is -0.384. The van der Waals surface area contributed by atoms with E-state index in [4.69, 9.17) is 13.9 Å². The largest absolute Gasteiger partial charge is 0.483 e. The second-order valence-corrected chi connectivity index (χ2v) is 6.74. The van der Waals surface area contributed by atoms with Gasteiger partial charge in [0.05, 0.1) is 21.9 Å². The molecule has 0 aliphatic carbocycles. The van der Waals surface area contributed by atoms with Crippen LogP contribution in [0.2, 0.25) is 0 Å². The number of nitro benzene ring substituents is 1. The van der Waals surface area contributed by atoms with Gasteiger partial charge in [0.15, 0.2) is 6.61 Å². The van der Waals surface area contributed by atoms with Gasteiger partial charge >= 0.3 is 5.97 Å². The van der Waals surface area contributed by atoms with Gasteiger partial charge in [-0.05, 0) is 64.0 Å². The molecule has 0 spiro atoms. The molecular weight excluding hydrogens is 474 g/mol. The molecule has 0 fully saturated rings. The van der Waals surface area contributed by atoms with Crippen LogP contribution in [0.15, 0.2) is 74.9 Å². The number of benzene rings is 2. The molecule has 31 heavy (non-hydrogen) atoms. The number of ether oxygens (including phenoxy) is 2. The van der Waals surface area contributed by atoms with Crippen LogP contribution in [0.3, 0.4) is 0 Å². The van der Waals surface area contributed by atoms with Gasteiger partial charge in [-0.25, -0.2) is 10.2 Å². The first kappa shape index (κ1) is 21.7. The summed E-state index contributed by atoms with van der Waals surface area (Å²) in [6, 6.07) is 13.4. The second kappa shape index (κ2) is 10.2. The lowest BCUT2D eigenvalue weighted by Crippen LogP contribution is -2.24. The minimum Gasteiger partial charge on any atom is -0.483 e. The van der Waals surface area contributed by atoms with Crippen LogP contribution in [0.1, 0.15) is 16.1 Å². The van der Waals surface area contributed by atoms with Crippen LogP contribution in [0.4, 0.5) is 5.69 Å². The number of hydrogen-bond donors (Lipinski definition) is 1. The molecule has 3 aromatic rings. The summed E-state index contributed by atoms with van der Waals surface area (Å²) in [4.78, 5) is 33.8. The summed E-state index contributed by atoms with van der Waals surface area (Å²) < 4.78 is 15.8. The van der Waals surface area contributed by atoms with Crippen LogP contribution < -0.4 is 14.9 Å². The van der Waals surface area contributed by atoms with E-state index in [0.717, 1.165) is 0 Å². The van der Waals surface area contributed by atoms with Gasteiger partial charge in [0.25, 0.3) is 11.6 Å². The van der Waals surface area contributed by atoms with Crippen molar-refractivity contribution >= 4 is 39.7 Å². The van der Waals surface area contributed by atoms with Crippen molar-refractivity contribution < 1.29 is 28.4 Å². The highest BCUT2D eigenvalue weighted by molar-refractivity contribution is 9.10. The number of nitrogens with one attached hydrogen (secondary N) is 1. The van der Waals surface area contributed by atoms with Crippen LogP contribution in [0.5, 0.6) is 11.5 Å². The Kier molecular flexibility index (Phi) is 7.12. The minimum atomic E-state index is -0.613. The van der Waals surface area contributed by atoms with Gasteiger partial charge in [0, 0.05) is 12.1 Å². The van der Waals surface area contributed by atoms with Crippen molar-refractivity contribution in [1.82, 2.24) is 5.43 Å². The predicted molar refractivity (Wildman–Crippen MR) is 112 cm³/mol. The topological polar surface area (TPSA) is 133 Å². The molecule has 0 aliphatic heterocycles. The van der Waals surface area contributed by atoms with E-state index >= 15 is 0 Å². The van der Waals surface area contributed by atoms with E-state index in [9.17, 15) is 19.7 Å². The quantitative estimate of drug-likeness (QED) is 0.168. The van der Waals surface area contributed by atoms with Gasteiger partial charge in [-0.3, -0.25) is 14.9 Å². The van der Waals surface area contributed by atoms with Crippen molar-refractivity contribution in [3.63, 3.8) is 0 Å². The molecule has 0 bridgehead atoms. The summed E-state index contributed by atoms with van der Waals surface area (Å²) in [6.45, 7) is -0.338. The standard InChI is InChI=1S/C20H14BrN3O7/c21-16-10-14(24(27)28)5-8-17(16)30-12-19(25)23-22-11-13-3-6-15(7-4-13)31-20(26)18-2-1-9-29-18/h1-11H,12H2,(H,23,25). The maximum atomic E-state index is 11.8. The monoisotopic (exact) mass is 487 g/mol. The Hall–Kier alpha value is -3.99. The summed E-state index contributed by atoms with van der Waals surface area (Å²) in [5.74, 6) is -0.436. The molecule has 2 aromatic carbocycles.